The Morgan fingerprint density at radius 1 is 1.27 bits per heavy atom. The molecule has 0 spiro atoms. The lowest BCUT2D eigenvalue weighted by atomic mass is 9.92. The molecule has 0 unspecified atom stereocenters. The Labute approximate surface area is 92.6 Å². The van der Waals surface area contributed by atoms with Gasteiger partial charge in [0.1, 0.15) is 0 Å². The van der Waals surface area contributed by atoms with Crippen molar-refractivity contribution in [2.24, 2.45) is 10.9 Å². The topological polar surface area (TPSA) is 12.4 Å². The number of benzene rings is 1. The smallest absolute Gasteiger partial charge is 0.0674 e. The molecule has 1 aromatic carbocycles. The van der Waals surface area contributed by atoms with E-state index in [0.717, 1.165) is 11.3 Å². The lowest BCUT2D eigenvalue weighted by Gasteiger charge is -2.14. The van der Waals surface area contributed by atoms with Crippen LogP contribution in [-0.2, 0) is 0 Å². The summed E-state index contributed by atoms with van der Waals surface area (Å²) in [6, 6.07) is 8.30. The molecule has 1 rings (SSSR count). The van der Waals surface area contributed by atoms with Crippen molar-refractivity contribution in [3.8, 4) is 0 Å². The molecular formula is C14H19N. The summed E-state index contributed by atoms with van der Waals surface area (Å²) in [7, 11) is 1.83. The molecule has 0 N–H and O–H groups in total. The van der Waals surface area contributed by atoms with Gasteiger partial charge in [-0.25, -0.2) is 0 Å². The van der Waals surface area contributed by atoms with Crippen LogP contribution in [0.3, 0.4) is 0 Å². The van der Waals surface area contributed by atoms with E-state index >= 15 is 0 Å². The first-order chi connectivity index (χ1) is 7.07. The fourth-order valence-corrected chi connectivity index (χ4v) is 1.55. The highest BCUT2D eigenvalue weighted by molar-refractivity contribution is 6.13. The molecule has 15 heavy (non-hydrogen) atoms. The van der Waals surface area contributed by atoms with Crippen LogP contribution < -0.4 is 0 Å². The van der Waals surface area contributed by atoms with Gasteiger partial charge in [0, 0.05) is 12.6 Å². The molecule has 0 aliphatic rings. The first-order valence-corrected chi connectivity index (χ1v) is 5.30. The Hall–Kier alpha value is -1.37. The maximum atomic E-state index is 4.36. The van der Waals surface area contributed by atoms with E-state index in [1.807, 2.05) is 19.2 Å². The first-order valence-electron chi connectivity index (χ1n) is 5.30. The number of hydrogen-bond acceptors (Lipinski definition) is 1. The van der Waals surface area contributed by atoms with Gasteiger partial charge in [-0.05, 0) is 24.0 Å². The largest absolute Gasteiger partial charge is 0.288 e. The van der Waals surface area contributed by atoms with Crippen molar-refractivity contribution in [1.29, 1.82) is 0 Å². The van der Waals surface area contributed by atoms with Crippen LogP contribution >= 0.6 is 0 Å². The van der Waals surface area contributed by atoms with E-state index < -0.39 is 0 Å². The zero-order valence-electron chi connectivity index (χ0n) is 10.0. The van der Waals surface area contributed by atoms with Crippen LogP contribution in [0.2, 0.25) is 0 Å². The molecule has 0 atom stereocenters. The third kappa shape index (κ3) is 2.56. The van der Waals surface area contributed by atoms with Crippen molar-refractivity contribution in [2.75, 3.05) is 7.05 Å². The summed E-state index contributed by atoms with van der Waals surface area (Å²) in [4.78, 5) is 4.36. The van der Waals surface area contributed by atoms with Crippen LogP contribution in [0.5, 0.6) is 0 Å². The summed E-state index contributed by atoms with van der Waals surface area (Å²) in [6.07, 6.45) is 0. The zero-order chi connectivity index (χ0) is 11.4. The van der Waals surface area contributed by atoms with Crippen LogP contribution in [0.1, 0.15) is 25.0 Å². The number of allylic oxidation sites excluding steroid dienone is 1. The molecule has 0 saturated heterocycles. The van der Waals surface area contributed by atoms with E-state index in [2.05, 4.69) is 44.5 Å². The van der Waals surface area contributed by atoms with Gasteiger partial charge < -0.3 is 0 Å². The fraction of sp³-hybridized carbons (Fsp3) is 0.357. The van der Waals surface area contributed by atoms with Gasteiger partial charge in [-0.1, -0.05) is 44.7 Å². The molecule has 1 nitrogen and oxygen atoms in total. The highest BCUT2D eigenvalue weighted by atomic mass is 14.7. The Kier molecular flexibility index (Phi) is 3.84. The SMILES string of the molecule is C=C(C(=NC)c1ccccc1C)C(C)C. The van der Waals surface area contributed by atoms with E-state index in [1.54, 1.807) is 0 Å². The highest BCUT2D eigenvalue weighted by Gasteiger charge is 2.11. The Balaban J connectivity index is 3.16. The van der Waals surface area contributed by atoms with Crippen molar-refractivity contribution >= 4 is 5.71 Å². The molecule has 0 bridgehead atoms. The maximum absolute atomic E-state index is 4.36. The van der Waals surface area contributed by atoms with Crippen LogP contribution in [0, 0.1) is 12.8 Å². The number of rotatable bonds is 3. The number of hydrogen-bond donors (Lipinski definition) is 0. The summed E-state index contributed by atoms with van der Waals surface area (Å²) in [6.45, 7) is 10.5. The minimum Gasteiger partial charge on any atom is -0.288 e. The van der Waals surface area contributed by atoms with Gasteiger partial charge in [0.15, 0.2) is 0 Å². The van der Waals surface area contributed by atoms with Crippen LogP contribution in [0.4, 0.5) is 0 Å². The number of nitrogens with zero attached hydrogens (tertiary/aromatic N) is 1. The molecule has 0 saturated carbocycles. The monoisotopic (exact) mass is 201 g/mol. The third-order valence-corrected chi connectivity index (χ3v) is 2.62. The normalized spacial score (nSPS) is 11.9. The second kappa shape index (κ2) is 4.92. The van der Waals surface area contributed by atoms with Gasteiger partial charge in [0.05, 0.1) is 5.71 Å². The van der Waals surface area contributed by atoms with Crippen LogP contribution in [-0.4, -0.2) is 12.8 Å². The highest BCUT2D eigenvalue weighted by Crippen LogP contribution is 2.18. The molecule has 0 aliphatic heterocycles. The Bertz CT molecular complexity index is 386. The molecular weight excluding hydrogens is 182 g/mol. The van der Waals surface area contributed by atoms with E-state index in [-0.39, 0.29) is 0 Å². The van der Waals surface area contributed by atoms with E-state index in [9.17, 15) is 0 Å². The lowest BCUT2D eigenvalue weighted by molar-refractivity contribution is 0.805. The zero-order valence-corrected chi connectivity index (χ0v) is 10.0. The molecule has 80 valence electrons. The van der Waals surface area contributed by atoms with Crippen molar-refractivity contribution in [3.05, 3.63) is 47.5 Å². The van der Waals surface area contributed by atoms with Gasteiger partial charge in [-0.2, -0.15) is 0 Å². The quantitative estimate of drug-likeness (QED) is 0.662. The van der Waals surface area contributed by atoms with Crippen molar-refractivity contribution in [3.63, 3.8) is 0 Å². The second-order valence-electron chi connectivity index (χ2n) is 4.07. The number of aliphatic imine (C=N–C) groups is 1. The van der Waals surface area contributed by atoms with E-state index in [0.29, 0.717) is 5.92 Å². The van der Waals surface area contributed by atoms with Crippen molar-refractivity contribution in [1.82, 2.24) is 0 Å². The maximum Gasteiger partial charge on any atom is 0.0674 e. The van der Waals surface area contributed by atoms with Crippen LogP contribution in [0.25, 0.3) is 0 Å². The van der Waals surface area contributed by atoms with Gasteiger partial charge in [-0.15, -0.1) is 0 Å². The summed E-state index contributed by atoms with van der Waals surface area (Å²) in [5, 5.41) is 0. The molecule has 1 aromatic rings. The van der Waals surface area contributed by atoms with Gasteiger partial charge in [-0.3, -0.25) is 4.99 Å². The molecule has 0 aromatic heterocycles. The Morgan fingerprint density at radius 2 is 1.87 bits per heavy atom. The molecule has 0 fully saturated rings. The summed E-state index contributed by atoms with van der Waals surface area (Å²) in [5.41, 5.74) is 4.58. The van der Waals surface area contributed by atoms with Crippen LogP contribution in [0.15, 0.2) is 41.4 Å². The molecule has 1 heteroatoms. The van der Waals surface area contributed by atoms with Crippen molar-refractivity contribution in [2.45, 2.75) is 20.8 Å². The van der Waals surface area contributed by atoms with Gasteiger partial charge in [0.25, 0.3) is 0 Å². The van der Waals surface area contributed by atoms with Crippen molar-refractivity contribution < 1.29 is 0 Å². The predicted octanol–water partition coefficient (Wildman–Crippen LogP) is 3.63. The van der Waals surface area contributed by atoms with E-state index in [1.165, 1.54) is 11.1 Å². The average molecular weight is 201 g/mol. The minimum atomic E-state index is 0.434. The Morgan fingerprint density at radius 3 is 2.33 bits per heavy atom. The predicted molar refractivity (Wildman–Crippen MR) is 67.6 cm³/mol. The first kappa shape index (κ1) is 11.7. The molecule has 0 aliphatic carbocycles. The second-order valence-corrected chi connectivity index (χ2v) is 4.07. The lowest BCUT2D eigenvalue weighted by Crippen LogP contribution is -2.10. The van der Waals surface area contributed by atoms with Gasteiger partial charge in [0.2, 0.25) is 0 Å². The third-order valence-electron chi connectivity index (χ3n) is 2.62. The average Bonchev–Trinajstić information content (AvgIpc) is 2.21. The molecule has 0 radical (unpaired) electrons. The minimum absolute atomic E-state index is 0.434. The van der Waals surface area contributed by atoms with E-state index in [4.69, 9.17) is 0 Å². The summed E-state index contributed by atoms with van der Waals surface area (Å²) < 4.78 is 0. The fourth-order valence-electron chi connectivity index (χ4n) is 1.55. The standard InChI is InChI=1S/C14H19N/c1-10(2)12(4)14(15-5)13-9-7-6-8-11(13)3/h6-10H,4H2,1-3,5H3. The molecule has 0 heterocycles. The summed E-state index contributed by atoms with van der Waals surface area (Å²) in [5.74, 6) is 0.434. The number of aryl methyl sites for hydroxylation is 1. The molecule has 0 amide bonds. The summed E-state index contributed by atoms with van der Waals surface area (Å²) >= 11 is 0. The van der Waals surface area contributed by atoms with Gasteiger partial charge >= 0.3 is 0 Å².